The highest BCUT2D eigenvalue weighted by Gasteiger charge is 2.40. The molecular formula is C19H17FN2O4S. The van der Waals surface area contributed by atoms with E-state index < -0.39 is 28.6 Å². The number of thioether (sulfide) groups is 1. The molecule has 0 saturated carbocycles. The normalized spacial score (nSPS) is 26.2. The third kappa shape index (κ3) is 4.01. The second-order valence-electron chi connectivity index (χ2n) is 6.34. The van der Waals surface area contributed by atoms with Crippen molar-refractivity contribution >= 4 is 35.0 Å². The summed E-state index contributed by atoms with van der Waals surface area (Å²) in [6.07, 6.45) is 8.13. The Kier molecular flexibility index (Phi) is 5.29. The fraction of sp³-hybridized carbons (Fsp3) is 0.211. The number of carboxylic acid groups (broad SMARTS) is 1. The van der Waals surface area contributed by atoms with E-state index in [4.69, 9.17) is 0 Å². The molecule has 1 fully saturated rings. The van der Waals surface area contributed by atoms with Crippen molar-refractivity contribution in [1.29, 1.82) is 0 Å². The van der Waals surface area contributed by atoms with Crippen molar-refractivity contribution in [3.05, 3.63) is 64.9 Å². The number of hydrogen-bond acceptors (Lipinski definition) is 5. The van der Waals surface area contributed by atoms with Crippen molar-refractivity contribution in [2.45, 2.75) is 12.5 Å². The van der Waals surface area contributed by atoms with Gasteiger partial charge in [0.05, 0.1) is 23.0 Å². The van der Waals surface area contributed by atoms with E-state index in [0.717, 1.165) is 16.7 Å². The number of carbonyl (C=O) groups is 3. The van der Waals surface area contributed by atoms with E-state index in [2.05, 4.69) is 5.32 Å². The lowest BCUT2D eigenvalue weighted by molar-refractivity contribution is -0.141. The molecule has 0 radical (unpaired) electrons. The smallest absolute Gasteiger partial charge is 0.312 e. The van der Waals surface area contributed by atoms with Crippen LogP contribution < -0.4 is 5.32 Å². The number of nitrogens with zero attached hydrogens (tertiary/aromatic N) is 1. The number of rotatable bonds is 5. The van der Waals surface area contributed by atoms with Crippen molar-refractivity contribution in [3.8, 4) is 0 Å². The summed E-state index contributed by atoms with van der Waals surface area (Å²) in [5.74, 6) is -2.69. The Bertz CT molecular complexity index is 878. The summed E-state index contributed by atoms with van der Waals surface area (Å²) in [6.45, 7) is 1.57. The lowest BCUT2D eigenvalue weighted by Gasteiger charge is -2.34. The van der Waals surface area contributed by atoms with Gasteiger partial charge in [-0.3, -0.25) is 24.6 Å². The van der Waals surface area contributed by atoms with Gasteiger partial charge in [0, 0.05) is 0 Å². The van der Waals surface area contributed by atoms with Gasteiger partial charge in [-0.1, -0.05) is 36.4 Å². The quantitative estimate of drug-likeness (QED) is 0.754. The maximum absolute atomic E-state index is 13.0. The Morgan fingerprint density at radius 2 is 2.04 bits per heavy atom. The summed E-state index contributed by atoms with van der Waals surface area (Å²) in [7, 11) is 0. The minimum Gasteiger partial charge on any atom is -0.481 e. The Hall–Kier alpha value is -2.71. The van der Waals surface area contributed by atoms with Crippen LogP contribution in [0, 0.1) is 11.7 Å². The third-order valence-electron chi connectivity index (χ3n) is 4.43. The molecule has 6 nitrogen and oxygen atoms in total. The van der Waals surface area contributed by atoms with Crippen LogP contribution in [-0.4, -0.2) is 39.3 Å². The van der Waals surface area contributed by atoms with E-state index in [0.29, 0.717) is 5.56 Å². The monoisotopic (exact) mass is 388 g/mol. The molecular weight excluding hydrogens is 371 g/mol. The minimum atomic E-state index is -1.00. The van der Waals surface area contributed by atoms with Crippen LogP contribution in [0.2, 0.25) is 0 Å². The van der Waals surface area contributed by atoms with E-state index in [1.807, 2.05) is 0 Å². The number of carbonyl (C=O) groups excluding carboxylic acids is 2. The molecule has 1 heterocycles. The van der Waals surface area contributed by atoms with Crippen LogP contribution in [0.15, 0.2) is 53.5 Å². The molecule has 3 rings (SSSR count). The predicted molar refractivity (Wildman–Crippen MR) is 100 cm³/mol. The zero-order chi connectivity index (χ0) is 19.6. The molecule has 27 heavy (non-hydrogen) atoms. The second kappa shape index (κ2) is 7.50. The van der Waals surface area contributed by atoms with Gasteiger partial charge >= 0.3 is 5.97 Å². The first-order chi connectivity index (χ1) is 12.8. The molecule has 0 spiro atoms. The molecule has 2 atom stereocenters. The first-order valence-electron chi connectivity index (χ1n) is 8.15. The van der Waals surface area contributed by atoms with Gasteiger partial charge in [-0.05, 0) is 42.5 Å². The van der Waals surface area contributed by atoms with Crippen molar-refractivity contribution in [3.63, 3.8) is 0 Å². The molecule has 2 unspecified atom stereocenters. The van der Waals surface area contributed by atoms with Crippen molar-refractivity contribution in [2.75, 3.05) is 6.67 Å². The SMILES string of the molecule is CC1(NCN2C(=O)S/C(=C/c3ccc(F)cc3)C2=O)C=CC=CC1C(=O)O. The Morgan fingerprint density at radius 1 is 1.33 bits per heavy atom. The van der Waals surface area contributed by atoms with Gasteiger partial charge in [0.2, 0.25) is 0 Å². The maximum atomic E-state index is 13.0. The highest BCUT2D eigenvalue weighted by atomic mass is 32.2. The first-order valence-corrected chi connectivity index (χ1v) is 8.96. The zero-order valence-corrected chi connectivity index (χ0v) is 15.2. The largest absolute Gasteiger partial charge is 0.481 e. The average molecular weight is 388 g/mol. The summed E-state index contributed by atoms with van der Waals surface area (Å²) < 4.78 is 13.0. The van der Waals surface area contributed by atoms with Crippen molar-refractivity contribution in [1.82, 2.24) is 10.2 Å². The number of halogens is 1. The molecule has 0 aromatic heterocycles. The molecule has 8 heteroatoms. The minimum absolute atomic E-state index is 0.121. The van der Waals surface area contributed by atoms with Crippen molar-refractivity contribution in [2.24, 2.45) is 5.92 Å². The van der Waals surface area contributed by atoms with E-state index in [-0.39, 0.29) is 17.4 Å². The highest BCUT2D eigenvalue weighted by Crippen LogP contribution is 2.32. The highest BCUT2D eigenvalue weighted by molar-refractivity contribution is 8.18. The van der Waals surface area contributed by atoms with Gasteiger partial charge in [0.15, 0.2) is 0 Å². The van der Waals surface area contributed by atoms with Crippen LogP contribution in [0.1, 0.15) is 12.5 Å². The Morgan fingerprint density at radius 3 is 2.70 bits per heavy atom. The van der Waals surface area contributed by atoms with Gasteiger partial charge < -0.3 is 5.11 Å². The molecule has 1 aliphatic heterocycles. The predicted octanol–water partition coefficient (Wildman–Crippen LogP) is 2.99. The van der Waals surface area contributed by atoms with Gasteiger partial charge in [-0.15, -0.1) is 0 Å². The number of nitrogens with one attached hydrogen (secondary N) is 1. The first kappa shape index (κ1) is 19.1. The Labute approximate surface area is 159 Å². The van der Waals surface area contributed by atoms with Gasteiger partial charge in [0.25, 0.3) is 11.1 Å². The van der Waals surface area contributed by atoms with E-state index in [1.54, 1.807) is 31.2 Å². The zero-order valence-electron chi connectivity index (χ0n) is 14.4. The number of allylic oxidation sites excluding steroid dienone is 2. The molecule has 2 aliphatic rings. The summed E-state index contributed by atoms with van der Waals surface area (Å²) in [4.78, 5) is 37.5. The van der Waals surface area contributed by atoms with Gasteiger partial charge in [-0.25, -0.2) is 4.39 Å². The lowest BCUT2D eigenvalue weighted by Crippen LogP contribution is -2.54. The lowest BCUT2D eigenvalue weighted by atomic mass is 9.82. The second-order valence-corrected chi connectivity index (χ2v) is 7.33. The van der Waals surface area contributed by atoms with E-state index in [9.17, 15) is 23.9 Å². The number of carboxylic acids is 1. The molecule has 140 valence electrons. The fourth-order valence-corrected chi connectivity index (χ4v) is 3.68. The van der Waals surface area contributed by atoms with E-state index >= 15 is 0 Å². The number of amides is 2. The third-order valence-corrected chi connectivity index (χ3v) is 5.34. The molecule has 1 aromatic carbocycles. The van der Waals surface area contributed by atoms with E-state index in [1.165, 1.54) is 30.3 Å². The van der Waals surface area contributed by atoms with Crippen LogP contribution >= 0.6 is 11.8 Å². The van der Waals surface area contributed by atoms with Crippen LogP contribution in [0.3, 0.4) is 0 Å². The van der Waals surface area contributed by atoms with Gasteiger partial charge in [-0.2, -0.15) is 0 Å². The van der Waals surface area contributed by atoms with Crippen LogP contribution in [0.5, 0.6) is 0 Å². The topological polar surface area (TPSA) is 86.7 Å². The number of hydrogen-bond donors (Lipinski definition) is 2. The number of benzene rings is 1. The Balaban J connectivity index is 1.72. The number of imide groups is 1. The summed E-state index contributed by atoms with van der Waals surface area (Å²) in [6, 6.07) is 5.57. The summed E-state index contributed by atoms with van der Waals surface area (Å²) in [5.41, 5.74) is -0.331. The van der Waals surface area contributed by atoms with Crippen LogP contribution in [-0.2, 0) is 9.59 Å². The maximum Gasteiger partial charge on any atom is 0.312 e. The molecule has 2 N–H and O–H groups in total. The molecule has 1 saturated heterocycles. The van der Waals surface area contributed by atoms with Gasteiger partial charge in [0.1, 0.15) is 5.82 Å². The molecule has 1 aromatic rings. The fourth-order valence-electron chi connectivity index (χ4n) is 2.84. The standard InChI is InChI=1S/C19H17FN2O4S/c1-19(9-3-2-4-14(19)17(24)25)21-11-22-16(23)15(27-18(22)26)10-12-5-7-13(20)8-6-12/h2-10,14,21H,11H2,1H3,(H,24,25)/b15-10+. The number of aliphatic carboxylic acids is 1. The molecule has 2 amide bonds. The summed E-state index contributed by atoms with van der Waals surface area (Å²) >= 11 is 0.790. The van der Waals surface area contributed by atoms with Crippen LogP contribution in [0.4, 0.5) is 9.18 Å². The summed E-state index contributed by atoms with van der Waals surface area (Å²) in [5, 5.41) is 11.9. The van der Waals surface area contributed by atoms with Crippen LogP contribution in [0.25, 0.3) is 6.08 Å². The average Bonchev–Trinajstić information content (AvgIpc) is 2.88. The van der Waals surface area contributed by atoms with Crippen molar-refractivity contribution < 1.29 is 23.9 Å². The molecule has 0 bridgehead atoms. The molecule has 1 aliphatic carbocycles.